The maximum atomic E-state index is 11.7. The second kappa shape index (κ2) is 6.26. The molecule has 0 bridgehead atoms. The van der Waals surface area contributed by atoms with Crippen LogP contribution in [0.3, 0.4) is 0 Å². The zero-order chi connectivity index (χ0) is 17.4. The van der Waals surface area contributed by atoms with Crippen molar-refractivity contribution in [2.24, 2.45) is 0 Å². The highest BCUT2D eigenvalue weighted by atomic mass is 31.2. The Kier molecular flexibility index (Phi) is 4.89. The summed E-state index contributed by atoms with van der Waals surface area (Å²) in [6, 6.07) is 0.989. The molecule has 2 heterocycles. The Morgan fingerprint density at radius 2 is 2.09 bits per heavy atom. The lowest BCUT2D eigenvalue weighted by Crippen LogP contribution is -2.48. The zero-order valence-electron chi connectivity index (χ0n) is 11.7. The van der Waals surface area contributed by atoms with Crippen molar-refractivity contribution in [3.8, 4) is 0 Å². The van der Waals surface area contributed by atoms with Crippen LogP contribution in [0.5, 0.6) is 0 Å². The molecule has 0 spiro atoms. The molecular weight excluding hydrogens is 339 g/mol. The molecule has 2 rings (SSSR count). The van der Waals surface area contributed by atoms with E-state index >= 15 is 0 Å². The number of aromatic amines is 1. The lowest BCUT2D eigenvalue weighted by molar-refractivity contribution is -0.267. The zero-order valence-corrected chi connectivity index (χ0v) is 12.6. The first-order valence-corrected chi connectivity index (χ1v) is 7.73. The van der Waals surface area contributed by atoms with Gasteiger partial charge in [0.25, 0.3) is 5.56 Å². The smallest absolute Gasteiger partial charge is 0.385 e. The lowest BCUT2D eigenvalue weighted by atomic mass is 10.1. The standard InChI is InChI=1S/C10H15N2O10P/c1-20-10(4-21-23(17,18)19)7(15)6(14)8(22-10)12-3-2-5(13)11-9(12)16/h2-3,6-8,14-15H,4H2,1H3,(H,11,13,16)(H2,17,18,19)/t6-,7+,8-,10-/m1/s1. The topological polar surface area (TPSA) is 181 Å². The number of nitrogens with one attached hydrogen (secondary N) is 1. The van der Waals surface area contributed by atoms with E-state index in [1.165, 1.54) is 0 Å². The number of phosphoric ester groups is 1. The van der Waals surface area contributed by atoms with E-state index in [2.05, 4.69) is 4.52 Å². The number of hydrogen-bond acceptors (Lipinski definition) is 8. The van der Waals surface area contributed by atoms with Gasteiger partial charge in [0.1, 0.15) is 18.8 Å². The summed E-state index contributed by atoms with van der Waals surface area (Å²) in [7, 11) is -3.84. The van der Waals surface area contributed by atoms with Gasteiger partial charge in [0, 0.05) is 19.4 Å². The van der Waals surface area contributed by atoms with Gasteiger partial charge in [0.2, 0.25) is 5.79 Å². The van der Waals surface area contributed by atoms with Gasteiger partial charge in [-0.2, -0.15) is 0 Å². The highest BCUT2D eigenvalue weighted by Crippen LogP contribution is 2.42. The molecule has 23 heavy (non-hydrogen) atoms. The summed E-state index contributed by atoms with van der Waals surface area (Å²) in [6.07, 6.45) is -3.94. The third kappa shape index (κ3) is 3.59. The maximum absolute atomic E-state index is 11.7. The molecule has 0 aromatic carbocycles. The van der Waals surface area contributed by atoms with Gasteiger partial charge in [-0.05, 0) is 0 Å². The Balaban J connectivity index is 2.33. The van der Waals surface area contributed by atoms with Crippen LogP contribution in [0.1, 0.15) is 6.23 Å². The fourth-order valence-electron chi connectivity index (χ4n) is 2.13. The molecule has 1 aromatic heterocycles. The van der Waals surface area contributed by atoms with Crippen LogP contribution in [0.2, 0.25) is 0 Å². The Bertz CT molecular complexity index is 725. The number of hydrogen-bond donors (Lipinski definition) is 5. The molecule has 13 heteroatoms. The lowest BCUT2D eigenvalue weighted by Gasteiger charge is -2.29. The fourth-order valence-corrected chi connectivity index (χ4v) is 2.48. The van der Waals surface area contributed by atoms with Crippen molar-refractivity contribution in [3.05, 3.63) is 33.1 Å². The van der Waals surface area contributed by atoms with Crippen molar-refractivity contribution in [3.63, 3.8) is 0 Å². The number of rotatable bonds is 5. The van der Waals surface area contributed by atoms with Crippen LogP contribution in [0.15, 0.2) is 21.9 Å². The fraction of sp³-hybridized carbons (Fsp3) is 0.600. The van der Waals surface area contributed by atoms with Crippen molar-refractivity contribution < 1.29 is 38.6 Å². The molecule has 5 N–H and O–H groups in total. The summed E-state index contributed by atoms with van der Waals surface area (Å²) < 4.78 is 26.0. The molecule has 1 fully saturated rings. The minimum absolute atomic E-state index is 0.679. The predicted molar refractivity (Wildman–Crippen MR) is 71.2 cm³/mol. The van der Waals surface area contributed by atoms with Crippen LogP contribution >= 0.6 is 7.82 Å². The molecule has 130 valence electrons. The molecule has 1 aliphatic rings. The maximum Gasteiger partial charge on any atom is 0.469 e. The van der Waals surface area contributed by atoms with Gasteiger partial charge in [-0.1, -0.05) is 0 Å². The van der Waals surface area contributed by atoms with E-state index < -0.39 is 49.9 Å². The van der Waals surface area contributed by atoms with E-state index in [9.17, 15) is 24.4 Å². The quantitative estimate of drug-likeness (QED) is 0.347. The summed E-state index contributed by atoms with van der Waals surface area (Å²) in [5.74, 6) is -2.12. The van der Waals surface area contributed by atoms with Crippen molar-refractivity contribution in [1.29, 1.82) is 0 Å². The molecule has 1 aliphatic heterocycles. The van der Waals surface area contributed by atoms with Crippen LogP contribution < -0.4 is 11.2 Å². The van der Waals surface area contributed by atoms with E-state index in [4.69, 9.17) is 19.3 Å². The molecule has 4 atom stereocenters. The number of aromatic nitrogens is 2. The van der Waals surface area contributed by atoms with Crippen LogP contribution in [-0.2, 0) is 18.6 Å². The number of methoxy groups -OCH3 is 1. The largest absolute Gasteiger partial charge is 0.469 e. The second-order valence-corrected chi connectivity index (χ2v) is 5.98. The average molecular weight is 354 g/mol. The first-order chi connectivity index (χ1) is 10.6. The molecule has 12 nitrogen and oxygen atoms in total. The number of aliphatic hydroxyl groups excluding tert-OH is 2. The summed E-state index contributed by atoms with van der Waals surface area (Å²) in [4.78, 5) is 42.2. The summed E-state index contributed by atoms with van der Waals surface area (Å²) in [5, 5.41) is 20.1. The molecule has 0 amide bonds. The molecule has 0 radical (unpaired) electrons. The van der Waals surface area contributed by atoms with Gasteiger partial charge in [0.15, 0.2) is 6.23 Å². The van der Waals surface area contributed by atoms with Gasteiger partial charge >= 0.3 is 13.5 Å². The van der Waals surface area contributed by atoms with Crippen molar-refractivity contribution in [1.82, 2.24) is 9.55 Å². The first kappa shape index (κ1) is 18.0. The van der Waals surface area contributed by atoms with Gasteiger partial charge in [-0.3, -0.25) is 18.9 Å². The summed E-state index contributed by atoms with van der Waals surface area (Å²) in [6.45, 7) is -0.916. The Labute approximate surface area is 128 Å². The van der Waals surface area contributed by atoms with Crippen LogP contribution in [0, 0.1) is 0 Å². The molecule has 1 aromatic rings. The Hall–Kier alpha value is -1.37. The molecule has 0 unspecified atom stereocenters. The average Bonchev–Trinajstić information content (AvgIpc) is 2.70. The Morgan fingerprint density at radius 3 is 2.61 bits per heavy atom. The van der Waals surface area contributed by atoms with E-state index in [0.717, 1.165) is 23.9 Å². The van der Waals surface area contributed by atoms with Gasteiger partial charge < -0.3 is 29.5 Å². The van der Waals surface area contributed by atoms with E-state index in [1.54, 1.807) is 0 Å². The summed E-state index contributed by atoms with van der Waals surface area (Å²) in [5.41, 5.74) is -1.60. The summed E-state index contributed by atoms with van der Waals surface area (Å²) >= 11 is 0. The van der Waals surface area contributed by atoms with E-state index in [1.807, 2.05) is 4.98 Å². The Morgan fingerprint density at radius 1 is 1.43 bits per heavy atom. The SMILES string of the molecule is CO[C@]1(COP(=O)(O)O)O[C@@H](n2ccc(=O)[nH]c2=O)[C@H](O)[C@@H]1O. The number of nitrogens with zero attached hydrogens (tertiary/aromatic N) is 1. The minimum atomic E-state index is -4.90. The first-order valence-electron chi connectivity index (χ1n) is 6.20. The number of H-pyrrole nitrogens is 1. The molecular formula is C10H15N2O10P. The number of ether oxygens (including phenoxy) is 2. The van der Waals surface area contributed by atoms with Gasteiger partial charge in [0.05, 0.1) is 0 Å². The number of phosphoric acid groups is 1. The van der Waals surface area contributed by atoms with Crippen molar-refractivity contribution in [2.45, 2.75) is 24.2 Å². The third-order valence-corrected chi connectivity index (χ3v) is 3.76. The third-order valence-electron chi connectivity index (χ3n) is 3.29. The monoisotopic (exact) mass is 354 g/mol. The van der Waals surface area contributed by atoms with Gasteiger partial charge in [-0.25, -0.2) is 9.36 Å². The van der Waals surface area contributed by atoms with Crippen molar-refractivity contribution >= 4 is 7.82 Å². The van der Waals surface area contributed by atoms with Gasteiger partial charge in [-0.15, -0.1) is 0 Å². The molecule has 1 saturated heterocycles. The van der Waals surface area contributed by atoms with E-state index in [-0.39, 0.29) is 0 Å². The van der Waals surface area contributed by atoms with Crippen molar-refractivity contribution in [2.75, 3.05) is 13.7 Å². The molecule has 0 aliphatic carbocycles. The minimum Gasteiger partial charge on any atom is -0.385 e. The highest BCUT2D eigenvalue weighted by molar-refractivity contribution is 7.46. The molecule has 0 saturated carbocycles. The van der Waals surface area contributed by atoms with E-state index in [0.29, 0.717) is 0 Å². The number of aliphatic hydroxyl groups is 2. The van der Waals surface area contributed by atoms with Crippen LogP contribution in [0.4, 0.5) is 0 Å². The second-order valence-electron chi connectivity index (χ2n) is 4.74. The normalized spacial score (nSPS) is 31.4. The highest BCUT2D eigenvalue weighted by Gasteiger charge is 2.56. The predicted octanol–water partition coefficient (Wildman–Crippen LogP) is -2.76. The van der Waals surface area contributed by atoms with Crippen LogP contribution in [0.25, 0.3) is 0 Å². The van der Waals surface area contributed by atoms with Crippen LogP contribution in [-0.4, -0.2) is 61.3 Å².